The zero-order valence-electron chi connectivity index (χ0n) is 9.85. The summed E-state index contributed by atoms with van der Waals surface area (Å²) in [4.78, 5) is 3.44. The zero-order valence-corrected chi connectivity index (χ0v) is 9.85. The van der Waals surface area contributed by atoms with Gasteiger partial charge in [0, 0.05) is 10.8 Å². The number of hydrogen-bond donors (Lipinski definition) is 0. The van der Waals surface area contributed by atoms with Crippen LogP contribution in [0.5, 0.6) is 0 Å². The van der Waals surface area contributed by atoms with Crippen molar-refractivity contribution in [2.45, 2.75) is 0 Å². The van der Waals surface area contributed by atoms with E-state index in [2.05, 4.69) is 71.8 Å². The van der Waals surface area contributed by atoms with E-state index < -0.39 is 0 Å². The molecule has 0 spiro atoms. The molecular formula is C17H12N+. The molecule has 1 heterocycles. The lowest BCUT2D eigenvalue weighted by molar-refractivity contribution is -0.341. The van der Waals surface area contributed by atoms with Crippen LogP contribution in [0.3, 0.4) is 0 Å². The monoisotopic (exact) mass is 230 g/mol. The third-order valence-corrected chi connectivity index (χ3v) is 3.55. The van der Waals surface area contributed by atoms with Crippen molar-refractivity contribution in [3.63, 3.8) is 0 Å². The van der Waals surface area contributed by atoms with Gasteiger partial charge in [0.1, 0.15) is 0 Å². The van der Waals surface area contributed by atoms with Crippen LogP contribution >= 0.6 is 0 Å². The Balaban J connectivity index is 2.31. The number of aromatic nitrogens is 1. The smallest absolute Gasteiger partial charge is 0.210 e. The minimum absolute atomic E-state index is 1.21. The minimum atomic E-state index is 1.21. The Kier molecular flexibility index (Phi) is 1.89. The van der Waals surface area contributed by atoms with Gasteiger partial charge in [-0.15, -0.1) is 0 Å². The molecule has 18 heavy (non-hydrogen) atoms. The average molecular weight is 230 g/mol. The van der Waals surface area contributed by atoms with Crippen molar-refractivity contribution in [1.29, 1.82) is 0 Å². The van der Waals surface area contributed by atoms with Crippen LogP contribution < -0.4 is 4.98 Å². The van der Waals surface area contributed by atoms with E-state index in [-0.39, 0.29) is 0 Å². The number of pyridine rings is 1. The van der Waals surface area contributed by atoms with Crippen LogP contribution in [0.25, 0.3) is 32.4 Å². The molecule has 1 aromatic heterocycles. The summed E-state index contributed by atoms with van der Waals surface area (Å²) in [5.41, 5.74) is 1.21. The molecule has 0 radical (unpaired) electrons. The second-order valence-corrected chi connectivity index (χ2v) is 4.59. The van der Waals surface area contributed by atoms with Crippen LogP contribution in [0.2, 0.25) is 0 Å². The number of hydrogen-bond acceptors (Lipinski definition) is 0. The van der Waals surface area contributed by atoms with Crippen LogP contribution in [0.1, 0.15) is 0 Å². The molecule has 1 nitrogen and oxygen atoms in total. The summed E-state index contributed by atoms with van der Waals surface area (Å²) < 4.78 is 0. The van der Waals surface area contributed by atoms with Gasteiger partial charge in [0.05, 0.1) is 10.8 Å². The number of aromatic amines is 1. The van der Waals surface area contributed by atoms with E-state index in [0.29, 0.717) is 0 Å². The number of nitrogens with one attached hydrogen (secondary N) is 1. The summed E-state index contributed by atoms with van der Waals surface area (Å²) in [7, 11) is 0. The maximum atomic E-state index is 3.44. The van der Waals surface area contributed by atoms with Gasteiger partial charge < -0.3 is 0 Å². The predicted molar refractivity (Wildman–Crippen MR) is 75.5 cm³/mol. The highest BCUT2D eigenvalue weighted by atomic mass is 14.7. The molecule has 84 valence electrons. The van der Waals surface area contributed by atoms with Crippen LogP contribution in [0.15, 0.2) is 66.9 Å². The fourth-order valence-corrected chi connectivity index (χ4v) is 2.67. The molecule has 0 aliphatic rings. The van der Waals surface area contributed by atoms with Gasteiger partial charge in [-0.25, -0.2) is 4.98 Å². The summed E-state index contributed by atoms with van der Waals surface area (Å²) in [6.45, 7) is 0. The van der Waals surface area contributed by atoms with Crippen LogP contribution in [-0.4, -0.2) is 0 Å². The first-order chi connectivity index (χ1) is 8.93. The third-order valence-electron chi connectivity index (χ3n) is 3.55. The predicted octanol–water partition coefficient (Wildman–Crippen LogP) is 3.96. The van der Waals surface area contributed by atoms with Gasteiger partial charge in [0.25, 0.3) is 0 Å². The van der Waals surface area contributed by atoms with E-state index in [0.717, 1.165) is 0 Å². The Hall–Kier alpha value is -2.41. The summed E-state index contributed by atoms with van der Waals surface area (Å²) in [5, 5.41) is 6.39. The maximum absolute atomic E-state index is 3.44. The van der Waals surface area contributed by atoms with E-state index >= 15 is 0 Å². The Morgan fingerprint density at radius 2 is 1.28 bits per heavy atom. The van der Waals surface area contributed by atoms with Gasteiger partial charge in [-0.3, -0.25) is 0 Å². The molecule has 1 N–H and O–H groups in total. The third kappa shape index (κ3) is 1.25. The average Bonchev–Trinajstić information content (AvgIpc) is 2.46. The SMILES string of the molecule is c1ccc2c(c1)c[nH+]c1c3ccccc3ccc21. The van der Waals surface area contributed by atoms with E-state index in [9.17, 15) is 0 Å². The number of benzene rings is 3. The Bertz CT molecular complexity index is 803. The fraction of sp³-hybridized carbons (Fsp3) is 0. The molecule has 0 unspecified atom stereocenters. The van der Waals surface area contributed by atoms with Crippen molar-refractivity contribution in [3.8, 4) is 0 Å². The molecule has 0 bridgehead atoms. The van der Waals surface area contributed by atoms with Crippen LogP contribution in [0, 0.1) is 0 Å². The van der Waals surface area contributed by atoms with Crippen molar-refractivity contribution in [2.24, 2.45) is 0 Å². The minimum Gasteiger partial charge on any atom is -0.210 e. The van der Waals surface area contributed by atoms with E-state index in [1.807, 2.05) is 0 Å². The second-order valence-electron chi connectivity index (χ2n) is 4.59. The normalized spacial score (nSPS) is 11.3. The molecule has 0 saturated heterocycles. The summed E-state index contributed by atoms with van der Waals surface area (Å²) in [6.07, 6.45) is 2.09. The first-order valence-corrected chi connectivity index (χ1v) is 6.14. The largest absolute Gasteiger partial charge is 0.219 e. The van der Waals surface area contributed by atoms with Crippen LogP contribution in [-0.2, 0) is 0 Å². The van der Waals surface area contributed by atoms with Crippen molar-refractivity contribution >= 4 is 32.4 Å². The zero-order chi connectivity index (χ0) is 11.9. The molecular weight excluding hydrogens is 218 g/mol. The molecule has 0 aliphatic heterocycles. The van der Waals surface area contributed by atoms with Gasteiger partial charge in [0.15, 0.2) is 6.20 Å². The molecule has 0 fully saturated rings. The number of H-pyrrole nitrogens is 1. The van der Waals surface area contributed by atoms with Gasteiger partial charge in [-0.2, -0.15) is 0 Å². The Morgan fingerprint density at radius 1 is 0.556 bits per heavy atom. The topological polar surface area (TPSA) is 14.1 Å². The summed E-state index contributed by atoms with van der Waals surface area (Å²) in [6, 6.07) is 21.4. The number of rotatable bonds is 0. The maximum Gasteiger partial charge on any atom is 0.219 e. The molecule has 4 aromatic rings. The molecule has 4 rings (SSSR count). The van der Waals surface area contributed by atoms with E-state index in [4.69, 9.17) is 0 Å². The quantitative estimate of drug-likeness (QED) is 0.406. The lowest BCUT2D eigenvalue weighted by Crippen LogP contribution is -2.03. The van der Waals surface area contributed by atoms with Gasteiger partial charge >= 0.3 is 0 Å². The van der Waals surface area contributed by atoms with E-state index in [1.165, 1.54) is 32.4 Å². The second kappa shape index (κ2) is 3.54. The molecule has 3 aromatic carbocycles. The highest BCUT2D eigenvalue weighted by molar-refractivity contribution is 6.13. The van der Waals surface area contributed by atoms with Crippen LogP contribution in [0.4, 0.5) is 0 Å². The standard InChI is InChI=1S/C17H11N/c1-4-8-15-12(5-1)9-10-16-14-7-3-2-6-13(14)11-18-17(15)16/h1-11H/p+1. The van der Waals surface area contributed by atoms with Crippen molar-refractivity contribution < 1.29 is 4.98 Å². The highest BCUT2D eigenvalue weighted by Crippen LogP contribution is 2.27. The molecule has 0 aliphatic carbocycles. The lowest BCUT2D eigenvalue weighted by atomic mass is 10.0. The highest BCUT2D eigenvalue weighted by Gasteiger charge is 2.09. The van der Waals surface area contributed by atoms with Gasteiger partial charge in [-0.1, -0.05) is 42.5 Å². The first-order valence-electron chi connectivity index (χ1n) is 6.14. The Labute approximate surface area is 105 Å². The van der Waals surface area contributed by atoms with E-state index in [1.54, 1.807) is 0 Å². The number of fused-ring (bicyclic) bond motifs is 5. The molecule has 0 saturated carbocycles. The van der Waals surface area contributed by atoms with Crippen molar-refractivity contribution in [1.82, 2.24) is 0 Å². The lowest BCUT2D eigenvalue weighted by Gasteiger charge is -2.02. The molecule has 1 heteroatoms. The van der Waals surface area contributed by atoms with Crippen molar-refractivity contribution in [3.05, 3.63) is 66.9 Å². The van der Waals surface area contributed by atoms with Gasteiger partial charge in [0.2, 0.25) is 5.52 Å². The van der Waals surface area contributed by atoms with Gasteiger partial charge in [-0.05, 0) is 23.6 Å². The Morgan fingerprint density at radius 3 is 2.17 bits per heavy atom. The molecule has 0 atom stereocenters. The summed E-state index contributed by atoms with van der Waals surface area (Å²) >= 11 is 0. The van der Waals surface area contributed by atoms with Crippen molar-refractivity contribution in [2.75, 3.05) is 0 Å². The fourth-order valence-electron chi connectivity index (χ4n) is 2.67. The molecule has 0 amide bonds. The summed E-state index contributed by atoms with van der Waals surface area (Å²) in [5.74, 6) is 0. The first kappa shape index (κ1) is 9.60.